The van der Waals surface area contributed by atoms with Crippen LogP contribution in [0.2, 0.25) is 0 Å². The molecule has 0 amide bonds. The summed E-state index contributed by atoms with van der Waals surface area (Å²) in [4.78, 5) is 4.86. The molecule has 18 heavy (non-hydrogen) atoms. The van der Waals surface area contributed by atoms with E-state index in [1.54, 1.807) is 0 Å². The maximum atomic E-state index is 3.18. The molecular formula is C15H25N3. The molecule has 3 heteroatoms. The lowest BCUT2D eigenvalue weighted by atomic mass is 10.0. The van der Waals surface area contributed by atoms with Crippen LogP contribution in [0.4, 0.5) is 5.69 Å². The van der Waals surface area contributed by atoms with Crippen LogP contribution in [0.5, 0.6) is 0 Å². The van der Waals surface area contributed by atoms with Crippen molar-refractivity contribution in [3.63, 3.8) is 0 Å². The summed E-state index contributed by atoms with van der Waals surface area (Å²) < 4.78 is 0. The van der Waals surface area contributed by atoms with Gasteiger partial charge >= 0.3 is 0 Å². The van der Waals surface area contributed by atoms with Crippen molar-refractivity contribution in [2.24, 2.45) is 0 Å². The molecule has 0 spiro atoms. The SMILES string of the molecule is CNCc1ccc(N2CCCC(N(C)C)C2)cc1. The molecule has 1 atom stereocenters. The highest BCUT2D eigenvalue weighted by molar-refractivity contribution is 5.48. The molecular weight excluding hydrogens is 222 g/mol. The van der Waals surface area contributed by atoms with Crippen LogP contribution in [-0.2, 0) is 6.54 Å². The first-order valence-corrected chi connectivity index (χ1v) is 6.85. The minimum absolute atomic E-state index is 0.690. The van der Waals surface area contributed by atoms with Crippen LogP contribution >= 0.6 is 0 Å². The fraction of sp³-hybridized carbons (Fsp3) is 0.600. The summed E-state index contributed by atoms with van der Waals surface area (Å²) in [6.07, 6.45) is 2.61. The first-order chi connectivity index (χ1) is 8.70. The highest BCUT2D eigenvalue weighted by Crippen LogP contribution is 2.22. The molecule has 0 bridgehead atoms. The van der Waals surface area contributed by atoms with Gasteiger partial charge in [-0.05, 0) is 51.7 Å². The minimum Gasteiger partial charge on any atom is -0.370 e. The molecule has 1 aromatic rings. The molecule has 1 N–H and O–H groups in total. The number of piperidine rings is 1. The zero-order chi connectivity index (χ0) is 13.0. The van der Waals surface area contributed by atoms with Crippen molar-refractivity contribution in [2.45, 2.75) is 25.4 Å². The zero-order valence-electron chi connectivity index (χ0n) is 11.8. The Morgan fingerprint density at radius 2 is 2.00 bits per heavy atom. The summed E-state index contributed by atoms with van der Waals surface area (Å²) >= 11 is 0. The van der Waals surface area contributed by atoms with E-state index in [0.717, 1.165) is 13.1 Å². The molecule has 1 aliphatic heterocycles. The van der Waals surface area contributed by atoms with E-state index in [4.69, 9.17) is 0 Å². The Labute approximate surface area is 111 Å². The molecule has 1 aliphatic rings. The van der Waals surface area contributed by atoms with Gasteiger partial charge in [-0.15, -0.1) is 0 Å². The number of rotatable bonds is 4. The molecule has 1 heterocycles. The number of nitrogens with zero attached hydrogens (tertiary/aromatic N) is 2. The molecule has 3 nitrogen and oxygen atoms in total. The van der Waals surface area contributed by atoms with Gasteiger partial charge in [0.25, 0.3) is 0 Å². The highest BCUT2D eigenvalue weighted by atomic mass is 15.2. The smallest absolute Gasteiger partial charge is 0.0366 e. The second-order valence-corrected chi connectivity index (χ2v) is 5.40. The predicted octanol–water partition coefficient (Wildman–Crippen LogP) is 1.94. The molecule has 0 aromatic heterocycles. The van der Waals surface area contributed by atoms with Crippen LogP contribution in [0.1, 0.15) is 18.4 Å². The summed E-state index contributed by atoms with van der Waals surface area (Å²) in [6, 6.07) is 9.65. The van der Waals surface area contributed by atoms with Crippen molar-refractivity contribution in [1.82, 2.24) is 10.2 Å². The second-order valence-electron chi connectivity index (χ2n) is 5.40. The van der Waals surface area contributed by atoms with Crippen molar-refractivity contribution in [1.29, 1.82) is 0 Å². The van der Waals surface area contributed by atoms with E-state index in [-0.39, 0.29) is 0 Å². The topological polar surface area (TPSA) is 18.5 Å². The lowest BCUT2D eigenvalue weighted by Crippen LogP contribution is -2.45. The summed E-state index contributed by atoms with van der Waals surface area (Å²) in [6.45, 7) is 3.29. The van der Waals surface area contributed by atoms with Gasteiger partial charge in [-0.1, -0.05) is 12.1 Å². The fourth-order valence-electron chi connectivity index (χ4n) is 2.64. The van der Waals surface area contributed by atoms with Crippen LogP contribution in [0.25, 0.3) is 0 Å². The monoisotopic (exact) mass is 247 g/mol. The largest absolute Gasteiger partial charge is 0.370 e. The molecule has 1 fully saturated rings. The number of benzene rings is 1. The summed E-state index contributed by atoms with van der Waals surface area (Å²) in [5.74, 6) is 0. The lowest BCUT2D eigenvalue weighted by Gasteiger charge is -2.37. The Kier molecular flexibility index (Phi) is 4.61. The quantitative estimate of drug-likeness (QED) is 0.877. The van der Waals surface area contributed by atoms with Gasteiger partial charge in [0, 0.05) is 31.4 Å². The number of nitrogens with one attached hydrogen (secondary N) is 1. The van der Waals surface area contributed by atoms with E-state index in [0.29, 0.717) is 6.04 Å². The summed E-state index contributed by atoms with van der Waals surface area (Å²) in [5.41, 5.74) is 2.71. The van der Waals surface area contributed by atoms with Gasteiger partial charge in [0.05, 0.1) is 0 Å². The summed E-state index contributed by atoms with van der Waals surface area (Å²) in [5, 5.41) is 3.18. The number of anilines is 1. The van der Waals surface area contributed by atoms with Crippen molar-refractivity contribution in [3.05, 3.63) is 29.8 Å². The van der Waals surface area contributed by atoms with Crippen LogP contribution in [0.15, 0.2) is 24.3 Å². The molecule has 100 valence electrons. The third kappa shape index (κ3) is 3.24. The van der Waals surface area contributed by atoms with E-state index in [2.05, 4.69) is 53.5 Å². The van der Waals surface area contributed by atoms with Crippen LogP contribution in [0.3, 0.4) is 0 Å². The first kappa shape index (κ1) is 13.4. The second kappa shape index (κ2) is 6.21. The van der Waals surface area contributed by atoms with Gasteiger partial charge < -0.3 is 15.1 Å². The molecule has 2 rings (SSSR count). The number of hydrogen-bond donors (Lipinski definition) is 1. The van der Waals surface area contributed by atoms with Crippen molar-refractivity contribution in [2.75, 3.05) is 39.1 Å². The van der Waals surface area contributed by atoms with Crippen molar-refractivity contribution >= 4 is 5.69 Å². The molecule has 0 saturated carbocycles. The Bertz CT molecular complexity index is 359. The van der Waals surface area contributed by atoms with Gasteiger partial charge in [0.1, 0.15) is 0 Å². The molecule has 1 aromatic carbocycles. The van der Waals surface area contributed by atoms with Crippen LogP contribution in [0, 0.1) is 0 Å². The average molecular weight is 247 g/mol. The summed E-state index contributed by atoms with van der Waals surface area (Å²) in [7, 11) is 6.36. The predicted molar refractivity (Wildman–Crippen MR) is 78.1 cm³/mol. The Balaban J connectivity index is 2.02. The Morgan fingerprint density at radius 3 is 2.61 bits per heavy atom. The molecule has 1 saturated heterocycles. The van der Waals surface area contributed by atoms with Crippen LogP contribution < -0.4 is 10.2 Å². The third-order valence-electron chi connectivity index (χ3n) is 3.81. The van der Waals surface area contributed by atoms with E-state index in [1.165, 1.54) is 30.6 Å². The van der Waals surface area contributed by atoms with E-state index < -0.39 is 0 Å². The maximum absolute atomic E-state index is 3.18. The molecule has 1 unspecified atom stereocenters. The van der Waals surface area contributed by atoms with Gasteiger partial charge in [-0.3, -0.25) is 0 Å². The lowest BCUT2D eigenvalue weighted by molar-refractivity contribution is 0.258. The van der Waals surface area contributed by atoms with Gasteiger partial charge in [-0.25, -0.2) is 0 Å². The third-order valence-corrected chi connectivity index (χ3v) is 3.81. The normalized spacial score (nSPS) is 20.4. The Morgan fingerprint density at radius 1 is 1.28 bits per heavy atom. The average Bonchev–Trinajstić information content (AvgIpc) is 2.40. The van der Waals surface area contributed by atoms with Crippen LogP contribution in [-0.4, -0.2) is 45.2 Å². The first-order valence-electron chi connectivity index (χ1n) is 6.85. The van der Waals surface area contributed by atoms with Crippen molar-refractivity contribution < 1.29 is 0 Å². The minimum atomic E-state index is 0.690. The highest BCUT2D eigenvalue weighted by Gasteiger charge is 2.21. The van der Waals surface area contributed by atoms with Gasteiger partial charge in [0.2, 0.25) is 0 Å². The van der Waals surface area contributed by atoms with E-state index in [9.17, 15) is 0 Å². The standard InChI is InChI=1S/C15H25N3/c1-16-11-13-6-8-14(9-7-13)18-10-4-5-15(12-18)17(2)3/h6-9,15-16H,4-5,10-12H2,1-3H3. The van der Waals surface area contributed by atoms with Crippen molar-refractivity contribution in [3.8, 4) is 0 Å². The Hall–Kier alpha value is -1.06. The zero-order valence-corrected chi connectivity index (χ0v) is 11.8. The van der Waals surface area contributed by atoms with Gasteiger partial charge in [0.15, 0.2) is 0 Å². The maximum Gasteiger partial charge on any atom is 0.0366 e. The molecule has 0 aliphatic carbocycles. The van der Waals surface area contributed by atoms with Gasteiger partial charge in [-0.2, -0.15) is 0 Å². The molecule has 0 radical (unpaired) electrons. The van der Waals surface area contributed by atoms with E-state index >= 15 is 0 Å². The van der Waals surface area contributed by atoms with E-state index in [1.807, 2.05) is 7.05 Å². The number of hydrogen-bond acceptors (Lipinski definition) is 3. The fourth-order valence-corrected chi connectivity index (χ4v) is 2.64. The number of likely N-dealkylation sites (N-methyl/N-ethyl adjacent to an activating group) is 1.